The minimum atomic E-state index is -0.678. The number of azo groups is 1. The van der Waals surface area contributed by atoms with E-state index in [9.17, 15) is 20.0 Å². The number of aromatic amines is 1. The predicted octanol–water partition coefficient (Wildman–Crippen LogP) is 4.21. The van der Waals surface area contributed by atoms with E-state index in [1.54, 1.807) is 18.2 Å². The first-order chi connectivity index (χ1) is 11.5. The van der Waals surface area contributed by atoms with Crippen molar-refractivity contribution in [3.63, 3.8) is 0 Å². The average molecular weight is 345 g/mol. The van der Waals surface area contributed by atoms with Gasteiger partial charge in [0, 0.05) is 17.5 Å². The molecule has 0 fully saturated rings. The van der Waals surface area contributed by atoms with Crippen LogP contribution in [0, 0.1) is 10.1 Å². The standard InChI is InChI=1S/C15H9ClN4O4/c16-11-6-2-5-10-12(11)17-15(22)13(14(10)21)19-18-8-3-1-4-9(7-8)20(23)24/h1-7H,(H2,17,21,22). The Kier molecular flexibility index (Phi) is 3.97. The summed E-state index contributed by atoms with van der Waals surface area (Å²) in [6, 6.07) is 10.2. The third kappa shape index (κ3) is 2.82. The molecule has 0 bridgehead atoms. The van der Waals surface area contributed by atoms with Gasteiger partial charge in [-0.3, -0.25) is 14.9 Å². The molecule has 0 radical (unpaired) electrons. The molecule has 24 heavy (non-hydrogen) atoms. The van der Waals surface area contributed by atoms with Crippen LogP contribution < -0.4 is 5.56 Å². The molecule has 1 aromatic heterocycles. The van der Waals surface area contributed by atoms with Crippen LogP contribution in [0.25, 0.3) is 10.9 Å². The van der Waals surface area contributed by atoms with Gasteiger partial charge in [0.2, 0.25) is 0 Å². The molecule has 3 rings (SSSR count). The summed E-state index contributed by atoms with van der Waals surface area (Å²) in [5.74, 6) is -0.370. The van der Waals surface area contributed by atoms with Gasteiger partial charge < -0.3 is 10.1 Å². The maximum Gasteiger partial charge on any atom is 0.280 e. The zero-order valence-corrected chi connectivity index (χ0v) is 12.7. The number of nitrogens with one attached hydrogen (secondary N) is 1. The number of hydrogen-bond acceptors (Lipinski definition) is 6. The first kappa shape index (κ1) is 15.6. The maximum absolute atomic E-state index is 12.1. The summed E-state index contributed by atoms with van der Waals surface area (Å²) in [6.45, 7) is 0. The lowest BCUT2D eigenvalue weighted by Crippen LogP contribution is -2.05. The monoisotopic (exact) mass is 344 g/mol. The molecule has 1 heterocycles. The first-order valence-electron chi connectivity index (χ1n) is 6.67. The molecule has 2 N–H and O–H groups in total. The lowest BCUT2D eigenvalue weighted by molar-refractivity contribution is -0.384. The Bertz CT molecular complexity index is 1050. The number of para-hydroxylation sites is 1. The second-order valence-corrected chi connectivity index (χ2v) is 5.20. The van der Waals surface area contributed by atoms with Crippen LogP contribution >= 0.6 is 11.6 Å². The van der Waals surface area contributed by atoms with Crippen molar-refractivity contribution in [2.45, 2.75) is 0 Å². The lowest BCUT2D eigenvalue weighted by Gasteiger charge is -2.04. The highest BCUT2D eigenvalue weighted by atomic mass is 35.5. The number of non-ortho nitro benzene ring substituents is 1. The summed E-state index contributed by atoms with van der Waals surface area (Å²) in [4.78, 5) is 24.8. The highest BCUT2D eigenvalue weighted by molar-refractivity contribution is 6.35. The molecule has 0 aliphatic carbocycles. The van der Waals surface area contributed by atoms with E-state index in [1.807, 2.05) is 0 Å². The number of benzene rings is 2. The van der Waals surface area contributed by atoms with Crippen LogP contribution in [0.4, 0.5) is 17.1 Å². The summed E-state index contributed by atoms with van der Waals surface area (Å²) in [5, 5.41) is 29.1. The second-order valence-electron chi connectivity index (χ2n) is 4.79. The van der Waals surface area contributed by atoms with E-state index in [0.29, 0.717) is 5.39 Å². The van der Waals surface area contributed by atoms with Crippen molar-refractivity contribution in [2.24, 2.45) is 10.2 Å². The zero-order chi connectivity index (χ0) is 17.3. The van der Waals surface area contributed by atoms with Gasteiger partial charge in [0.05, 0.1) is 21.2 Å². The molecule has 0 aliphatic rings. The normalized spacial score (nSPS) is 11.2. The van der Waals surface area contributed by atoms with Crippen LogP contribution in [0.15, 0.2) is 57.5 Å². The number of pyridine rings is 1. The predicted molar refractivity (Wildman–Crippen MR) is 88.5 cm³/mol. The lowest BCUT2D eigenvalue weighted by atomic mass is 10.2. The van der Waals surface area contributed by atoms with Gasteiger partial charge in [0.1, 0.15) is 0 Å². The number of nitrogens with zero attached hydrogens (tertiary/aromatic N) is 3. The summed E-state index contributed by atoms with van der Waals surface area (Å²) in [7, 11) is 0. The number of nitro benzene ring substituents is 1. The van der Waals surface area contributed by atoms with Crippen molar-refractivity contribution < 1.29 is 10.0 Å². The molecular weight excluding hydrogens is 336 g/mol. The number of nitro groups is 1. The Morgan fingerprint density at radius 3 is 2.67 bits per heavy atom. The summed E-state index contributed by atoms with van der Waals surface area (Å²) in [5.41, 5.74) is -0.682. The van der Waals surface area contributed by atoms with E-state index < -0.39 is 10.5 Å². The van der Waals surface area contributed by atoms with E-state index in [2.05, 4.69) is 15.2 Å². The molecule has 0 atom stereocenters. The highest BCUT2D eigenvalue weighted by Gasteiger charge is 2.13. The van der Waals surface area contributed by atoms with Crippen molar-refractivity contribution in [1.82, 2.24) is 4.98 Å². The average Bonchev–Trinajstić information content (AvgIpc) is 2.56. The van der Waals surface area contributed by atoms with E-state index in [-0.39, 0.29) is 33.4 Å². The maximum atomic E-state index is 12.1. The molecule has 3 aromatic rings. The molecule has 0 aliphatic heterocycles. The first-order valence-corrected chi connectivity index (χ1v) is 7.05. The van der Waals surface area contributed by atoms with Gasteiger partial charge in [-0.2, -0.15) is 0 Å². The Labute approximate surface area is 139 Å². The second kappa shape index (κ2) is 6.09. The molecular formula is C15H9ClN4O4. The van der Waals surface area contributed by atoms with Gasteiger partial charge in [-0.05, 0) is 18.2 Å². The van der Waals surface area contributed by atoms with Gasteiger partial charge in [0.25, 0.3) is 11.2 Å². The van der Waals surface area contributed by atoms with Crippen LogP contribution in [-0.2, 0) is 0 Å². The Balaban J connectivity index is 2.09. The van der Waals surface area contributed by atoms with Crippen LogP contribution in [-0.4, -0.2) is 15.0 Å². The van der Waals surface area contributed by atoms with Crippen LogP contribution in [0.2, 0.25) is 5.02 Å². The molecule has 0 amide bonds. The molecule has 2 aromatic carbocycles. The Morgan fingerprint density at radius 1 is 1.17 bits per heavy atom. The summed E-state index contributed by atoms with van der Waals surface area (Å²) < 4.78 is 0. The van der Waals surface area contributed by atoms with Crippen LogP contribution in [0.5, 0.6) is 5.75 Å². The van der Waals surface area contributed by atoms with Crippen molar-refractivity contribution >= 4 is 39.6 Å². The molecule has 0 unspecified atom stereocenters. The van der Waals surface area contributed by atoms with Gasteiger partial charge in [0.15, 0.2) is 11.4 Å². The number of H-pyrrole nitrogens is 1. The number of aromatic hydroxyl groups is 1. The van der Waals surface area contributed by atoms with E-state index in [4.69, 9.17) is 11.6 Å². The topological polar surface area (TPSA) is 121 Å². The largest absolute Gasteiger partial charge is 0.505 e. The number of halogens is 1. The van der Waals surface area contributed by atoms with Gasteiger partial charge in [-0.25, -0.2) is 0 Å². The summed E-state index contributed by atoms with van der Waals surface area (Å²) >= 11 is 5.97. The molecule has 0 saturated heterocycles. The minimum Gasteiger partial charge on any atom is -0.505 e. The number of hydrogen-bond donors (Lipinski definition) is 2. The minimum absolute atomic E-state index is 0.158. The molecule has 8 nitrogen and oxygen atoms in total. The number of rotatable bonds is 3. The van der Waals surface area contributed by atoms with Gasteiger partial charge in [-0.15, -0.1) is 10.2 Å². The van der Waals surface area contributed by atoms with Crippen molar-refractivity contribution in [3.05, 3.63) is 68.0 Å². The van der Waals surface area contributed by atoms with Gasteiger partial charge >= 0.3 is 0 Å². The number of aromatic nitrogens is 1. The SMILES string of the molecule is O=c1[nH]c2c(Cl)cccc2c(O)c1N=Nc1cccc([N+](=O)[O-])c1. The smallest absolute Gasteiger partial charge is 0.280 e. The fourth-order valence-electron chi connectivity index (χ4n) is 2.13. The fraction of sp³-hybridized carbons (Fsp3) is 0. The van der Waals surface area contributed by atoms with E-state index in [1.165, 1.54) is 24.3 Å². The molecule has 0 saturated carbocycles. The quantitative estimate of drug-likeness (QED) is 0.420. The van der Waals surface area contributed by atoms with E-state index in [0.717, 1.165) is 0 Å². The Hall–Kier alpha value is -3.26. The van der Waals surface area contributed by atoms with Crippen LogP contribution in [0.1, 0.15) is 0 Å². The third-order valence-corrected chi connectivity index (χ3v) is 3.57. The fourth-order valence-corrected chi connectivity index (χ4v) is 2.35. The Morgan fingerprint density at radius 2 is 1.92 bits per heavy atom. The van der Waals surface area contributed by atoms with Crippen molar-refractivity contribution in [1.29, 1.82) is 0 Å². The van der Waals surface area contributed by atoms with Crippen LogP contribution in [0.3, 0.4) is 0 Å². The van der Waals surface area contributed by atoms with Crippen molar-refractivity contribution in [2.75, 3.05) is 0 Å². The highest BCUT2D eigenvalue weighted by Crippen LogP contribution is 2.34. The van der Waals surface area contributed by atoms with Gasteiger partial charge in [-0.1, -0.05) is 23.7 Å². The zero-order valence-electron chi connectivity index (χ0n) is 11.9. The molecule has 9 heteroatoms. The van der Waals surface area contributed by atoms with E-state index >= 15 is 0 Å². The third-order valence-electron chi connectivity index (χ3n) is 3.25. The summed E-state index contributed by atoms with van der Waals surface area (Å²) in [6.07, 6.45) is 0. The molecule has 120 valence electrons. The number of fused-ring (bicyclic) bond motifs is 1. The van der Waals surface area contributed by atoms with Crippen molar-refractivity contribution in [3.8, 4) is 5.75 Å². The molecule has 0 spiro atoms.